The van der Waals surface area contributed by atoms with E-state index >= 15 is 0 Å². The molecule has 0 amide bonds. The van der Waals surface area contributed by atoms with E-state index in [1.807, 2.05) is 0 Å². The largest absolute Gasteiger partial charge is 0.399 e. The van der Waals surface area contributed by atoms with Gasteiger partial charge in [-0.25, -0.2) is 8.42 Å². The van der Waals surface area contributed by atoms with Gasteiger partial charge in [0.25, 0.3) is 0 Å². The Hall–Kier alpha value is -1.36. The number of carbonyl (C=O) groups excluding carboxylic acids is 1. The minimum atomic E-state index is -3.36. The Morgan fingerprint density at radius 3 is 2.47 bits per heavy atom. The average molecular weight is 255 g/mol. The lowest BCUT2D eigenvalue weighted by molar-refractivity contribution is 0.0985. The molecule has 94 valence electrons. The van der Waals surface area contributed by atoms with Crippen molar-refractivity contribution in [1.29, 1.82) is 0 Å². The fraction of sp³-hybridized carbons (Fsp3) is 0.417. The summed E-state index contributed by atoms with van der Waals surface area (Å²) in [5.74, 6) is -0.402. The van der Waals surface area contributed by atoms with Crippen molar-refractivity contribution in [3.63, 3.8) is 0 Å². The van der Waals surface area contributed by atoms with Crippen LogP contribution in [0.5, 0.6) is 0 Å². The van der Waals surface area contributed by atoms with E-state index in [0.717, 1.165) is 0 Å². The summed E-state index contributed by atoms with van der Waals surface area (Å²) >= 11 is 0. The van der Waals surface area contributed by atoms with E-state index in [1.54, 1.807) is 32.0 Å². The summed E-state index contributed by atoms with van der Waals surface area (Å²) in [5, 5.41) is -0.964. The first-order valence-electron chi connectivity index (χ1n) is 5.53. The number of sulfone groups is 1. The van der Waals surface area contributed by atoms with Crippen LogP contribution in [0.4, 0.5) is 5.69 Å². The van der Waals surface area contributed by atoms with Crippen LogP contribution in [-0.4, -0.2) is 25.2 Å². The second kappa shape index (κ2) is 5.31. The molecule has 0 aliphatic rings. The van der Waals surface area contributed by atoms with Crippen molar-refractivity contribution >= 4 is 21.3 Å². The molecule has 0 fully saturated rings. The number of nitrogen functional groups attached to an aromatic ring is 1. The van der Waals surface area contributed by atoms with Crippen LogP contribution >= 0.6 is 0 Å². The molecule has 0 aromatic heterocycles. The predicted molar refractivity (Wildman–Crippen MR) is 68.7 cm³/mol. The maximum Gasteiger partial charge on any atom is 0.181 e. The van der Waals surface area contributed by atoms with E-state index in [1.165, 1.54) is 6.07 Å². The number of rotatable bonds is 5. The zero-order valence-corrected chi connectivity index (χ0v) is 10.8. The highest BCUT2D eigenvalue weighted by molar-refractivity contribution is 7.92. The van der Waals surface area contributed by atoms with E-state index in [9.17, 15) is 13.2 Å². The SMILES string of the molecule is CC[C@H](C(=O)c1cccc(N)c1)S(=O)(=O)CC. The van der Waals surface area contributed by atoms with Crippen LogP contribution in [0.2, 0.25) is 0 Å². The van der Waals surface area contributed by atoms with Gasteiger partial charge in [-0.2, -0.15) is 0 Å². The molecule has 0 unspecified atom stereocenters. The number of anilines is 1. The number of benzene rings is 1. The first-order valence-corrected chi connectivity index (χ1v) is 7.25. The van der Waals surface area contributed by atoms with Gasteiger partial charge in [0.2, 0.25) is 0 Å². The van der Waals surface area contributed by atoms with Crippen molar-refractivity contribution in [2.24, 2.45) is 0 Å². The quantitative estimate of drug-likeness (QED) is 0.641. The van der Waals surface area contributed by atoms with Crippen molar-refractivity contribution in [3.05, 3.63) is 29.8 Å². The highest BCUT2D eigenvalue weighted by Crippen LogP contribution is 2.16. The number of carbonyl (C=O) groups is 1. The molecule has 1 aromatic rings. The van der Waals surface area contributed by atoms with Gasteiger partial charge in [0, 0.05) is 17.0 Å². The van der Waals surface area contributed by atoms with E-state index in [-0.39, 0.29) is 18.0 Å². The van der Waals surface area contributed by atoms with Gasteiger partial charge in [-0.3, -0.25) is 4.79 Å². The summed E-state index contributed by atoms with van der Waals surface area (Å²) < 4.78 is 23.6. The first-order chi connectivity index (χ1) is 7.92. The molecule has 1 rings (SSSR count). The monoisotopic (exact) mass is 255 g/mol. The molecule has 0 heterocycles. The molecule has 0 saturated carbocycles. The lowest BCUT2D eigenvalue weighted by Crippen LogP contribution is -2.31. The molecule has 5 heteroatoms. The molecule has 2 N–H and O–H groups in total. The van der Waals surface area contributed by atoms with E-state index in [2.05, 4.69) is 0 Å². The average Bonchev–Trinajstić information content (AvgIpc) is 2.29. The minimum Gasteiger partial charge on any atom is -0.399 e. The summed E-state index contributed by atoms with van der Waals surface area (Å²) in [7, 11) is -3.36. The first kappa shape index (κ1) is 13.7. The van der Waals surface area contributed by atoms with Crippen molar-refractivity contribution < 1.29 is 13.2 Å². The van der Waals surface area contributed by atoms with Gasteiger partial charge in [-0.05, 0) is 18.6 Å². The lowest BCUT2D eigenvalue weighted by Gasteiger charge is -2.13. The number of ketones is 1. The molecule has 0 radical (unpaired) electrons. The third-order valence-electron chi connectivity index (χ3n) is 2.67. The smallest absolute Gasteiger partial charge is 0.181 e. The summed E-state index contributed by atoms with van der Waals surface area (Å²) in [6.07, 6.45) is 0.282. The van der Waals surface area contributed by atoms with Gasteiger partial charge < -0.3 is 5.73 Å². The van der Waals surface area contributed by atoms with Crippen LogP contribution in [0.25, 0.3) is 0 Å². The lowest BCUT2D eigenvalue weighted by atomic mass is 10.1. The summed E-state index contributed by atoms with van der Waals surface area (Å²) in [6.45, 7) is 3.24. The summed E-state index contributed by atoms with van der Waals surface area (Å²) in [6, 6.07) is 6.41. The van der Waals surface area contributed by atoms with Gasteiger partial charge >= 0.3 is 0 Å². The highest BCUT2D eigenvalue weighted by atomic mass is 32.2. The Morgan fingerprint density at radius 2 is 2.00 bits per heavy atom. The molecular weight excluding hydrogens is 238 g/mol. The minimum absolute atomic E-state index is 0.0282. The van der Waals surface area contributed by atoms with E-state index in [4.69, 9.17) is 5.73 Å². The fourth-order valence-electron chi connectivity index (χ4n) is 1.68. The third kappa shape index (κ3) is 3.06. The topological polar surface area (TPSA) is 77.2 Å². The van der Waals surface area contributed by atoms with Gasteiger partial charge in [-0.1, -0.05) is 26.0 Å². The molecule has 0 saturated heterocycles. The standard InChI is InChI=1S/C12H17NO3S/c1-3-11(17(15,16)4-2)12(14)9-6-5-7-10(13)8-9/h5-8,11H,3-4,13H2,1-2H3/t11-/m1/s1. The fourth-order valence-corrected chi connectivity index (χ4v) is 3.05. The summed E-state index contributed by atoms with van der Waals surface area (Å²) in [4.78, 5) is 12.1. The molecule has 1 aromatic carbocycles. The Bertz CT molecular complexity index is 508. The van der Waals surface area contributed by atoms with Gasteiger partial charge in [-0.15, -0.1) is 0 Å². The number of hydrogen-bond donors (Lipinski definition) is 1. The van der Waals surface area contributed by atoms with Crippen LogP contribution < -0.4 is 5.73 Å². The molecule has 0 spiro atoms. The Kier molecular flexibility index (Phi) is 4.28. The zero-order valence-electron chi connectivity index (χ0n) is 10.0. The van der Waals surface area contributed by atoms with Crippen molar-refractivity contribution in [2.75, 3.05) is 11.5 Å². The van der Waals surface area contributed by atoms with Gasteiger partial charge in [0.1, 0.15) is 5.25 Å². The summed E-state index contributed by atoms with van der Waals surface area (Å²) in [5.41, 5.74) is 6.39. The normalized spacial score (nSPS) is 13.3. The molecular formula is C12H17NO3S. The zero-order chi connectivity index (χ0) is 13.1. The molecule has 17 heavy (non-hydrogen) atoms. The molecule has 0 aliphatic heterocycles. The van der Waals surface area contributed by atoms with Gasteiger partial charge in [0.15, 0.2) is 15.6 Å². The maximum absolute atomic E-state index is 12.1. The van der Waals surface area contributed by atoms with Crippen LogP contribution in [-0.2, 0) is 9.84 Å². The second-order valence-corrected chi connectivity index (χ2v) is 6.31. The van der Waals surface area contributed by atoms with Crippen molar-refractivity contribution in [2.45, 2.75) is 25.5 Å². The molecule has 4 nitrogen and oxygen atoms in total. The van der Waals surface area contributed by atoms with Gasteiger partial charge in [0.05, 0.1) is 0 Å². The third-order valence-corrected chi connectivity index (χ3v) is 4.89. The van der Waals surface area contributed by atoms with Crippen LogP contribution in [0, 0.1) is 0 Å². The van der Waals surface area contributed by atoms with Crippen LogP contribution in [0.1, 0.15) is 30.6 Å². The number of nitrogens with two attached hydrogens (primary N) is 1. The highest BCUT2D eigenvalue weighted by Gasteiger charge is 2.29. The number of hydrogen-bond acceptors (Lipinski definition) is 4. The predicted octanol–water partition coefficient (Wildman–Crippen LogP) is 1.66. The van der Waals surface area contributed by atoms with E-state index in [0.29, 0.717) is 11.3 Å². The molecule has 0 aliphatic carbocycles. The van der Waals surface area contributed by atoms with Crippen LogP contribution in [0.3, 0.4) is 0 Å². The Morgan fingerprint density at radius 1 is 1.35 bits per heavy atom. The Balaban J connectivity index is 3.11. The van der Waals surface area contributed by atoms with Crippen molar-refractivity contribution in [3.8, 4) is 0 Å². The van der Waals surface area contributed by atoms with Crippen LogP contribution in [0.15, 0.2) is 24.3 Å². The Labute approximate surface area is 102 Å². The number of Topliss-reactive ketones (excluding diaryl/α,β-unsaturated/α-hetero) is 1. The second-order valence-electron chi connectivity index (χ2n) is 3.84. The maximum atomic E-state index is 12.1. The van der Waals surface area contributed by atoms with E-state index < -0.39 is 15.1 Å². The molecule has 0 bridgehead atoms. The molecule has 1 atom stereocenters. The van der Waals surface area contributed by atoms with Crippen molar-refractivity contribution in [1.82, 2.24) is 0 Å².